The number of rotatable bonds is 5. The quantitative estimate of drug-likeness (QED) is 0.162. The molecule has 4 bridgehead atoms. The molecule has 0 amide bonds. The summed E-state index contributed by atoms with van der Waals surface area (Å²) in [6, 6.07) is 39.9. The van der Waals surface area contributed by atoms with E-state index in [-0.39, 0.29) is 26.5 Å². The van der Waals surface area contributed by atoms with Crippen LogP contribution in [0, 0.1) is 42.5 Å². The van der Waals surface area contributed by atoms with Crippen LogP contribution in [0.5, 0.6) is 11.5 Å². The molecule has 1 aliphatic heterocycles. The Balaban J connectivity index is 0.00000336. The molecule has 6 aromatic rings. The monoisotopic (exact) mass is 836 g/mol. The molecule has 0 saturated heterocycles. The number of hydrogen-bond acceptors (Lipinski definition) is 4. The maximum Gasteiger partial charge on any atom is 0.135 e. The summed E-state index contributed by atoms with van der Waals surface area (Å²) in [6.07, 6.45) is 8.99. The number of ether oxygens (including phenoxy) is 1. The molecular weight excluding hydrogens is 796 g/mol. The Hall–Kier alpha value is -4.08. The predicted molar refractivity (Wildman–Crippen MR) is 198 cm³/mol. The van der Waals surface area contributed by atoms with Crippen molar-refractivity contribution in [1.82, 2.24) is 9.55 Å². The minimum absolute atomic E-state index is 0. The van der Waals surface area contributed by atoms with Gasteiger partial charge in [0.05, 0.1) is 0 Å². The van der Waals surface area contributed by atoms with Crippen LogP contribution in [0.4, 0.5) is 17.1 Å². The summed E-state index contributed by atoms with van der Waals surface area (Å²) in [5, 5.41) is 2.29. The molecule has 4 saturated carbocycles. The Labute approximate surface area is 309 Å². The van der Waals surface area contributed by atoms with E-state index >= 15 is 0 Å². The first kappa shape index (κ1) is 31.9. The minimum atomic E-state index is 0. The summed E-state index contributed by atoms with van der Waals surface area (Å²) in [4.78, 5) is 9.76. The van der Waals surface area contributed by atoms with E-state index in [0.29, 0.717) is 17.5 Å². The smallest absolute Gasteiger partial charge is 0.135 e. The van der Waals surface area contributed by atoms with Crippen LogP contribution in [0.25, 0.3) is 27.6 Å². The minimum Gasteiger partial charge on any atom is -0.509 e. The second-order valence-corrected chi connectivity index (χ2v) is 15.9. The molecule has 5 nitrogen and oxygen atoms in total. The van der Waals surface area contributed by atoms with Gasteiger partial charge in [-0.2, -0.15) is 18.8 Å². The van der Waals surface area contributed by atoms with Crippen molar-refractivity contribution in [3.63, 3.8) is 0 Å². The van der Waals surface area contributed by atoms with Gasteiger partial charge in [0.25, 0.3) is 0 Å². The number of para-hydroxylation sites is 3. The molecule has 11 rings (SSSR count). The topological polar surface area (TPSA) is 33.5 Å². The van der Waals surface area contributed by atoms with E-state index in [4.69, 9.17) is 9.72 Å². The predicted octanol–water partition coefficient (Wildman–Crippen LogP) is 10.8. The van der Waals surface area contributed by atoms with E-state index in [1.54, 1.807) is 0 Å². The zero-order valence-electron chi connectivity index (χ0n) is 28.8. The average molecular weight is 837 g/mol. The van der Waals surface area contributed by atoms with Crippen molar-refractivity contribution in [2.75, 3.05) is 9.80 Å². The van der Waals surface area contributed by atoms with Gasteiger partial charge in [-0.15, -0.1) is 41.4 Å². The molecule has 2 aromatic heterocycles. The molecule has 0 radical (unpaired) electrons. The van der Waals surface area contributed by atoms with Gasteiger partial charge in [0.1, 0.15) is 5.82 Å². The molecule has 0 atom stereocenters. The number of hydrogen-bond donors (Lipinski definition) is 0. The first-order valence-electron chi connectivity index (χ1n) is 18.0. The number of pyridine rings is 1. The Morgan fingerprint density at radius 1 is 0.740 bits per heavy atom. The number of aromatic nitrogens is 2. The van der Waals surface area contributed by atoms with E-state index in [2.05, 4.69) is 133 Å². The van der Waals surface area contributed by atoms with E-state index in [1.807, 2.05) is 18.3 Å². The van der Waals surface area contributed by atoms with Crippen molar-refractivity contribution < 1.29 is 25.8 Å². The third-order valence-corrected chi connectivity index (χ3v) is 11.8. The van der Waals surface area contributed by atoms with Crippen molar-refractivity contribution in [2.24, 2.45) is 23.7 Å². The van der Waals surface area contributed by atoms with Gasteiger partial charge in [-0.3, -0.25) is 0 Å². The second-order valence-electron chi connectivity index (χ2n) is 15.9. The number of nitrogens with zero attached hydrogens (tertiary/aromatic N) is 4. The van der Waals surface area contributed by atoms with Crippen LogP contribution in [-0.4, -0.2) is 15.6 Å². The summed E-state index contributed by atoms with van der Waals surface area (Å²) in [6.45, 7) is 9.06. The fourth-order valence-corrected chi connectivity index (χ4v) is 9.85. The summed E-state index contributed by atoms with van der Waals surface area (Å²) in [7, 11) is 0. The number of fused-ring (bicyclic) bond motifs is 4. The molecule has 6 heteroatoms. The van der Waals surface area contributed by atoms with Crippen LogP contribution >= 0.6 is 0 Å². The van der Waals surface area contributed by atoms with Gasteiger partial charge in [-0.05, 0) is 102 Å². The van der Waals surface area contributed by atoms with Crippen LogP contribution < -0.4 is 14.5 Å². The molecule has 50 heavy (non-hydrogen) atoms. The Morgan fingerprint density at radius 3 is 2.24 bits per heavy atom. The number of benzene rings is 4. The third kappa shape index (κ3) is 5.18. The maximum atomic E-state index is 6.56. The normalized spacial score (nSPS) is 23.8. The van der Waals surface area contributed by atoms with E-state index < -0.39 is 0 Å². The molecule has 4 aromatic carbocycles. The van der Waals surface area contributed by atoms with Crippen LogP contribution in [-0.2, 0) is 26.5 Å². The fourth-order valence-electron chi connectivity index (χ4n) is 9.85. The zero-order chi connectivity index (χ0) is 32.9. The molecule has 0 spiro atoms. The zero-order valence-corrected chi connectivity index (χ0v) is 31.0. The summed E-state index contributed by atoms with van der Waals surface area (Å²) < 4.78 is 8.77. The fraction of sp³-hybridized carbons (Fsp3) is 0.318. The molecule has 4 fully saturated rings. The van der Waals surface area contributed by atoms with Crippen LogP contribution in [0.2, 0.25) is 0 Å². The van der Waals surface area contributed by atoms with E-state index in [9.17, 15) is 0 Å². The van der Waals surface area contributed by atoms with Gasteiger partial charge in [-0.25, -0.2) is 4.98 Å². The van der Waals surface area contributed by atoms with Gasteiger partial charge in [0.15, 0.2) is 0 Å². The molecule has 0 N–H and O–H groups in total. The summed E-state index contributed by atoms with van der Waals surface area (Å²) in [5.41, 5.74) is 6.81. The summed E-state index contributed by atoms with van der Waals surface area (Å²) in [5.74, 6) is 5.71. The second kappa shape index (κ2) is 12.0. The first-order valence-corrected chi connectivity index (χ1v) is 18.0. The van der Waals surface area contributed by atoms with E-state index in [1.165, 1.54) is 54.4 Å². The average Bonchev–Trinajstić information content (AvgIpc) is 3.64. The molecule has 0 unspecified atom stereocenters. The Morgan fingerprint density at radius 2 is 1.46 bits per heavy atom. The van der Waals surface area contributed by atoms with Crippen molar-refractivity contribution in [1.29, 1.82) is 0 Å². The first-order chi connectivity index (χ1) is 23.9. The molecule has 5 aliphatic rings. The van der Waals surface area contributed by atoms with Crippen LogP contribution in [0.1, 0.15) is 58.4 Å². The standard InChI is InChI=1S/C44H41N4O.Pt/c1-44(2,3)32-17-18-45-42(24-32)48-38-12-5-4-11-36(38)37-16-15-35(26-41(37)48)49-34-10-8-9-33(25-34)46-27-47(40-14-7-6-13-39(40)46)43-30-20-28-19-29(22-30)23-31(43)21-28;/h4-18,24,27-31,43H,19-23H2,1-3H3;/q-3;. The van der Waals surface area contributed by atoms with Gasteiger partial charge in [0.2, 0.25) is 0 Å². The van der Waals surface area contributed by atoms with E-state index in [0.717, 1.165) is 51.6 Å². The van der Waals surface area contributed by atoms with Gasteiger partial charge in [-0.1, -0.05) is 56.6 Å². The maximum absolute atomic E-state index is 6.56. The number of anilines is 3. The Kier molecular flexibility index (Phi) is 7.66. The van der Waals surface area contributed by atoms with Crippen molar-refractivity contribution in [3.8, 4) is 17.3 Å². The van der Waals surface area contributed by atoms with Gasteiger partial charge >= 0.3 is 0 Å². The molecule has 4 aliphatic carbocycles. The largest absolute Gasteiger partial charge is 0.509 e. The van der Waals surface area contributed by atoms with Crippen molar-refractivity contribution in [3.05, 3.63) is 122 Å². The third-order valence-electron chi connectivity index (χ3n) is 11.8. The van der Waals surface area contributed by atoms with Crippen LogP contribution in [0.15, 0.2) is 97.2 Å². The van der Waals surface area contributed by atoms with Crippen LogP contribution in [0.3, 0.4) is 0 Å². The molecular formula is C44H41N4OPt-3. The van der Waals surface area contributed by atoms with Crippen molar-refractivity contribution in [2.45, 2.75) is 64.3 Å². The van der Waals surface area contributed by atoms with Gasteiger partial charge in [0, 0.05) is 61.7 Å². The Bertz CT molecular complexity index is 2210. The van der Waals surface area contributed by atoms with Crippen molar-refractivity contribution >= 4 is 38.9 Å². The van der Waals surface area contributed by atoms with Gasteiger partial charge < -0.3 is 19.1 Å². The molecule has 3 heterocycles. The SMILES string of the molecule is CC(C)(C)c1ccnc(-n2c3[c-]c(Oc4[c-]c(N5[CH-]N(C6C7CC8CC(C7)CC6C8)c6ccccc65)ccc4)ccc3c3ccccc32)c1.[Pt]. The summed E-state index contributed by atoms with van der Waals surface area (Å²) >= 11 is 0. The molecule has 256 valence electrons.